The zero-order chi connectivity index (χ0) is 22.0. The average Bonchev–Trinajstić information content (AvgIpc) is 2.78. The lowest BCUT2D eigenvalue weighted by Crippen LogP contribution is -2.41. The molecule has 1 aromatic carbocycles. The zero-order valence-corrected chi connectivity index (χ0v) is 18.4. The number of ether oxygens (including phenoxy) is 1. The van der Waals surface area contributed by atoms with E-state index in [0.717, 1.165) is 22.6 Å². The molecule has 0 aliphatic carbocycles. The first-order valence-electron chi connectivity index (χ1n) is 10.1. The second kappa shape index (κ2) is 8.77. The molecule has 31 heavy (non-hydrogen) atoms. The highest BCUT2D eigenvalue weighted by Gasteiger charge is 2.30. The van der Waals surface area contributed by atoms with Gasteiger partial charge in [0.1, 0.15) is 5.82 Å². The molecule has 10 nitrogen and oxygen atoms in total. The largest absolute Gasteiger partial charge is 0.378 e. The van der Waals surface area contributed by atoms with Crippen LogP contribution in [0, 0.1) is 0 Å². The summed E-state index contributed by atoms with van der Waals surface area (Å²) in [4.78, 5) is 23.3. The minimum absolute atomic E-state index is 0.274. The third-order valence-corrected chi connectivity index (χ3v) is 6.66. The van der Waals surface area contributed by atoms with Gasteiger partial charge in [-0.3, -0.25) is 0 Å². The van der Waals surface area contributed by atoms with Crippen molar-refractivity contribution in [2.75, 3.05) is 56.4 Å². The molecular formula is C20H26N6O4S. The number of nitrogens with zero attached hydrogens (tertiary/aromatic N) is 4. The van der Waals surface area contributed by atoms with Crippen molar-refractivity contribution < 1.29 is 17.9 Å². The van der Waals surface area contributed by atoms with Crippen molar-refractivity contribution in [1.29, 1.82) is 0 Å². The maximum Gasteiger partial charge on any atom is 0.318 e. The van der Waals surface area contributed by atoms with E-state index in [0.29, 0.717) is 50.8 Å². The van der Waals surface area contributed by atoms with E-state index in [2.05, 4.69) is 15.5 Å². The Bertz CT molecular complexity index is 1070. The summed E-state index contributed by atoms with van der Waals surface area (Å²) in [6.07, 6.45) is 1.77. The number of benzene rings is 1. The van der Waals surface area contributed by atoms with Gasteiger partial charge in [-0.25, -0.2) is 23.2 Å². The highest BCUT2D eigenvalue weighted by Crippen LogP contribution is 2.31. The lowest BCUT2D eigenvalue weighted by molar-refractivity contribution is 0.122. The number of carbonyl (C=O) groups excluding carboxylic acids is 1. The fourth-order valence-electron chi connectivity index (χ4n) is 3.72. The lowest BCUT2D eigenvalue weighted by Gasteiger charge is -2.33. The molecule has 2 N–H and O–H groups in total. The van der Waals surface area contributed by atoms with E-state index in [9.17, 15) is 13.2 Å². The fraction of sp³-hybridized carbons (Fsp3) is 0.450. The predicted molar refractivity (Wildman–Crippen MR) is 118 cm³/mol. The molecule has 166 valence electrons. The van der Waals surface area contributed by atoms with Crippen molar-refractivity contribution in [2.24, 2.45) is 0 Å². The number of fused-ring (bicyclic) bond motifs is 1. The second-order valence-electron chi connectivity index (χ2n) is 7.52. The van der Waals surface area contributed by atoms with Crippen molar-refractivity contribution in [3.63, 3.8) is 0 Å². The number of sulfonamides is 1. The predicted octanol–water partition coefficient (Wildman–Crippen LogP) is 1.05. The van der Waals surface area contributed by atoms with Crippen LogP contribution in [0.15, 0.2) is 24.3 Å². The summed E-state index contributed by atoms with van der Waals surface area (Å²) in [6.45, 7) is 3.26. The molecule has 2 amide bonds. The van der Waals surface area contributed by atoms with Crippen molar-refractivity contribution in [1.82, 2.24) is 19.6 Å². The van der Waals surface area contributed by atoms with Gasteiger partial charge < -0.3 is 20.3 Å². The minimum Gasteiger partial charge on any atom is -0.378 e. The number of nitrogens with one attached hydrogen (secondary N) is 2. The number of hydrogen-bond donors (Lipinski definition) is 2. The van der Waals surface area contributed by atoms with Crippen LogP contribution in [0.25, 0.3) is 11.4 Å². The Labute approximate surface area is 181 Å². The van der Waals surface area contributed by atoms with Crippen LogP contribution in [0.4, 0.5) is 16.3 Å². The molecule has 1 aromatic heterocycles. The molecule has 3 heterocycles. The zero-order valence-electron chi connectivity index (χ0n) is 17.6. The van der Waals surface area contributed by atoms with Crippen molar-refractivity contribution >= 4 is 27.6 Å². The number of hydrogen-bond acceptors (Lipinski definition) is 7. The minimum atomic E-state index is -3.30. The van der Waals surface area contributed by atoms with E-state index in [4.69, 9.17) is 14.7 Å². The summed E-state index contributed by atoms with van der Waals surface area (Å²) in [5.74, 6) is 1.35. The first-order valence-corrected chi connectivity index (χ1v) is 12.0. The molecule has 2 aliphatic heterocycles. The maximum absolute atomic E-state index is 12.1. The molecule has 1 fully saturated rings. The Balaban J connectivity index is 1.71. The van der Waals surface area contributed by atoms with Crippen molar-refractivity contribution in [3.8, 4) is 11.4 Å². The van der Waals surface area contributed by atoms with Gasteiger partial charge in [-0.05, 0) is 24.3 Å². The van der Waals surface area contributed by atoms with Crippen LogP contribution in [0.5, 0.6) is 0 Å². The molecule has 11 heteroatoms. The number of rotatable bonds is 4. The monoisotopic (exact) mass is 446 g/mol. The highest BCUT2D eigenvalue weighted by atomic mass is 32.2. The topological polar surface area (TPSA) is 117 Å². The quantitative estimate of drug-likeness (QED) is 0.721. The van der Waals surface area contributed by atoms with Gasteiger partial charge in [0.2, 0.25) is 10.0 Å². The van der Waals surface area contributed by atoms with Gasteiger partial charge in [-0.2, -0.15) is 4.31 Å². The van der Waals surface area contributed by atoms with Gasteiger partial charge in [0.05, 0.1) is 25.2 Å². The normalized spacial score (nSPS) is 17.2. The first kappa shape index (κ1) is 21.5. The molecule has 1 saturated heterocycles. The van der Waals surface area contributed by atoms with Crippen LogP contribution in [0.1, 0.15) is 11.3 Å². The fourth-order valence-corrected chi connectivity index (χ4v) is 4.50. The molecule has 0 spiro atoms. The summed E-state index contributed by atoms with van der Waals surface area (Å²) >= 11 is 0. The number of amides is 2. The average molecular weight is 447 g/mol. The smallest absolute Gasteiger partial charge is 0.318 e. The van der Waals surface area contributed by atoms with Crippen molar-refractivity contribution in [3.05, 3.63) is 35.5 Å². The van der Waals surface area contributed by atoms with Crippen molar-refractivity contribution in [2.45, 2.75) is 13.0 Å². The summed E-state index contributed by atoms with van der Waals surface area (Å²) in [5.41, 5.74) is 3.22. The van der Waals surface area contributed by atoms with Gasteiger partial charge in [0, 0.05) is 56.5 Å². The molecule has 2 aliphatic rings. The van der Waals surface area contributed by atoms with E-state index in [-0.39, 0.29) is 12.6 Å². The van der Waals surface area contributed by atoms with Gasteiger partial charge in [0.15, 0.2) is 5.82 Å². The second-order valence-corrected chi connectivity index (χ2v) is 9.51. The Morgan fingerprint density at radius 1 is 1.10 bits per heavy atom. The summed E-state index contributed by atoms with van der Waals surface area (Å²) < 4.78 is 31.2. The Kier molecular flexibility index (Phi) is 6.08. The van der Waals surface area contributed by atoms with Crippen LogP contribution in [-0.2, 0) is 27.7 Å². The number of aromatic nitrogens is 2. The molecule has 0 radical (unpaired) electrons. The highest BCUT2D eigenvalue weighted by molar-refractivity contribution is 7.88. The Morgan fingerprint density at radius 2 is 1.81 bits per heavy atom. The third kappa shape index (κ3) is 4.78. The molecule has 0 atom stereocenters. The molecule has 0 saturated carbocycles. The SMILES string of the molecule is CNC(=O)Nc1ccc(-c2nc3c(c(N4CCOCC4)n2)CN(S(C)(=O)=O)CC3)cc1. The molecule has 0 bridgehead atoms. The Morgan fingerprint density at radius 3 is 2.45 bits per heavy atom. The molecular weight excluding hydrogens is 420 g/mol. The number of morpholine rings is 1. The van der Waals surface area contributed by atoms with Gasteiger partial charge in [-0.1, -0.05) is 0 Å². The summed E-state index contributed by atoms with van der Waals surface area (Å²) in [7, 11) is -1.74. The molecule has 2 aromatic rings. The van der Waals surface area contributed by atoms with E-state index in [1.165, 1.54) is 10.6 Å². The van der Waals surface area contributed by atoms with Crippen LogP contribution in [0.2, 0.25) is 0 Å². The summed E-state index contributed by atoms with van der Waals surface area (Å²) in [6, 6.07) is 7.03. The number of anilines is 2. The van der Waals surface area contributed by atoms with Crippen LogP contribution >= 0.6 is 0 Å². The summed E-state index contributed by atoms with van der Waals surface area (Å²) in [5, 5.41) is 5.24. The van der Waals surface area contributed by atoms with E-state index >= 15 is 0 Å². The van der Waals surface area contributed by atoms with E-state index in [1.807, 2.05) is 12.1 Å². The van der Waals surface area contributed by atoms with Gasteiger partial charge in [-0.15, -0.1) is 0 Å². The first-order chi connectivity index (χ1) is 14.8. The Hall–Kier alpha value is -2.76. The third-order valence-electron chi connectivity index (χ3n) is 5.41. The standard InChI is InChI=1S/C20H26N6O4S/c1-21-20(27)22-15-5-3-14(4-6-15)18-23-17-7-8-26(31(2,28)29)13-16(17)19(24-18)25-9-11-30-12-10-25/h3-6H,7-13H2,1-2H3,(H2,21,22,27). The van der Waals surface area contributed by atoms with Crippen LogP contribution in [0.3, 0.4) is 0 Å². The van der Waals surface area contributed by atoms with Crippen LogP contribution in [-0.4, -0.2) is 74.9 Å². The lowest BCUT2D eigenvalue weighted by atomic mass is 10.1. The molecule has 0 unspecified atom stereocenters. The van der Waals surface area contributed by atoms with E-state index in [1.54, 1.807) is 19.2 Å². The van der Waals surface area contributed by atoms with E-state index < -0.39 is 10.0 Å². The maximum atomic E-state index is 12.1. The van der Waals surface area contributed by atoms with Gasteiger partial charge >= 0.3 is 6.03 Å². The van der Waals surface area contributed by atoms with Gasteiger partial charge in [0.25, 0.3) is 0 Å². The van der Waals surface area contributed by atoms with Crippen LogP contribution < -0.4 is 15.5 Å². The number of urea groups is 1. The number of carbonyl (C=O) groups is 1. The molecule has 4 rings (SSSR count).